The van der Waals surface area contributed by atoms with Crippen molar-refractivity contribution < 1.29 is 23.8 Å². The zero-order valence-corrected chi connectivity index (χ0v) is 14.5. The summed E-state index contributed by atoms with van der Waals surface area (Å²) in [5, 5.41) is 12.3. The topological polar surface area (TPSA) is 78.9 Å². The van der Waals surface area contributed by atoms with Crippen LogP contribution >= 0.6 is 0 Å². The minimum absolute atomic E-state index is 0.127. The van der Waals surface area contributed by atoms with Crippen molar-refractivity contribution in [2.45, 2.75) is 26.2 Å². The molecule has 2 rings (SSSR count). The van der Waals surface area contributed by atoms with Crippen molar-refractivity contribution in [2.24, 2.45) is 5.41 Å². The monoisotopic (exact) mass is 352 g/mol. The Morgan fingerprint density at radius 2 is 1.92 bits per heavy atom. The van der Waals surface area contributed by atoms with E-state index in [1.165, 1.54) is 17.0 Å². The standard InChI is InChI=1S/C18H25FN2O4/c1-2-25-16(22)12-20-13-18(7-9-21(10-8-18)17(23)24)11-14-3-5-15(19)6-4-14/h3-6,20H,2,7-13H2,1H3,(H,23,24). The lowest BCUT2D eigenvalue weighted by atomic mass is 9.73. The van der Waals surface area contributed by atoms with Crippen LogP contribution in [0.1, 0.15) is 25.3 Å². The highest BCUT2D eigenvalue weighted by molar-refractivity contribution is 5.71. The van der Waals surface area contributed by atoms with E-state index >= 15 is 0 Å². The van der Waals surface area contributed by atoms with Crippen LogP contribution in [0.25, 0.3) is 0 Å². The van der Waals surface area contributed by atoms with Crippen molar-refractivity contribution >= 4 is 12.1 Å². The van der Waals surface area contributed by atoms with Crippen molar-refractivity contribution in [3.05, 3.63) is 35.6 Å². The van der Waals surface area contributed by atoms with Crippen LogP contribution in [0, 0.1) is 11.2 Å². The van der Waals surface area contributed by atoms with E-state index in [1.807, 2.05) is 0 Å². The molecule has 138 valence electrons. The molecular formula is C18H25FN2O4. The van der Waals surface area contributed by atoms with E-state index in [4.69, 9.17) is 9.84 Å². The fourth-order valence-electron chi connectivity index (χ4n) is 3.27. The molecule has 7 heteroatoms. The van der Waals surface area contributed by atoms with Crippen LogP contribution in [0.5, 0.6) is 0 Å². The first-order valence-electron chi connectivity index (χ1n) is 8.53. The maximum Gasteiger partial charge on any atom is 0.407 e. The minimum atomic E-state index is -0.908. The Kier molecular flexibility index (Phi) is 6.75. The summed E-state index contributed by atoms with van der Waals surface area (Å²) in [4.78, 5) is 24.1. The number of carbonyl (C=O) groups excluding carboxylic acids is 1. The summed E-state index contributed by atoms with van der Waals surface area (Å²) in [5.74, 6) is -0.582. The van der Waals surface area contributed by atoms with Gasteiger partial charge in [0.15, 0.2) is 0 Å². The number of esters is 1. The lowest BCUT2D eigenvalue weighted by Crippen LogP contribution is -2.48. The molecule has 0 bridgehead atoms. The molecule has 0 unspecified atom stereocenters. The number of rotatable bonds is 7. The Morgan fingerprint density at radius 1 is 1.28 bits per heavy atom. The van der Waals surface area contributed by atoms with Gasteiger partial charge in [0.1, 0.15) is 5.82 Å². The summed E-state index contributed by atoms with van der Waals surface area (Å²) in [6, 6.07) is 6.38. The van der Waals surface area contributed by atoms with Crippen molar-refractivity contribution in [1.29, 1.82) is 0 Å². The highest BCUT2D eigenvalue weighted by atomic mass is 19.1. The summed E-state index contributed by atoms with van der Waals surface area (Å²) in [6.45, 7) is 3.72. The molecule has 0 saturated carbocycles. The molecule has 0 atom stereocenters. The molecule has 1 amide bonds. The van der Waals surface area contributed by atoms with E-state index in [0.29, 0.717) is 45.5 Å². The van der Waals surface area contributed by atoms with Gasteiger partial charge in [-0.15, -0.1) is 0 Å². The van der Waals surface area contributed by atoms with Gasteiger partial charge in [-0.2, -0.15) is 0 Å². The number of carbonyl (C=O) groups is 2. The molecule has 0 spiro atoms. The number of hydrogen-bond acceptors (Lipinski definition) is 4. The molecule has 1 aromatic carbocycles. The molecule has 1 heterocycles. The van der Waals surface area contributed by atoms with E-state index in [0.717, 1.165) is 5.56 Å². The number of benzene rings is 1. The molecule has 0 aromatic heterocycles. The van der Waals surface area contributed by atoms with Crippen LogP contribution in [0.4, 0.5) is 9.18 Å². The Bertz CT molecular complexity index is 583. The molecule has 1 aliphatic heterocycles. The van der Waals surface area contributed by atoms with Crippen LogP contribution in [-0.4, -0.2) is 54.9 Å². The second-order valence-electron chi connectivity index (χ2n) is 6.48. The molecule has 1 aliphatic rings. The number of nitrogens with one attached hydrogen (secondary N) is 1. The van der Waals surface area contributed by atoms with Crippen LogP contribution in [0.2, 0.25) is 0 Å². The zero-order chi connectivity index (χ0) is 18.3. The molecule has 1 aromatic rings. The summed E-state index contributed by atoms with van der Waals surface area (Å²) in [7, 11) is 0. The van der Waals surface area contributed by atoms with Gasteiger partial charge in [-0.25, -0.2) is 9.18 Å². The van der Waals surface area contributed by atoms with Crippen LogP contribution in [0.3, 0.4) is 0 Å². The van der Waals surface area contributed by atoms with Crippen LogP contribution < -0.4 is 5.32 Å². The smallest absolute Gasteiger partial charge is 0.407 e. The maximum atomic E-state index is 13.1. The molecule has 0 radical (unpaired) electrons. The Labute approximate surface area is 147 Å². The largest absolute Gasteiger partial charge is 0.465 e. The number of carboxylic acid groups (broad SMARTS) is 1. The van der Waals surface area contributed by atoms with E-state index in [9.17, 15) is 14.0 Å². The van der Waals surface area contributed by atoms with Gasteiger partial charge < -0.3 is 20.1 Å². The predicted molar refractivity (Wildman–Crippen MR) is 90.9 cm³/mol. The van der Waals surface area contributed by atoms with Gasteiger partial charge in [-0.05, 0) is 49.3 Å². The molecule has 6 nitrogen and oxygen atoms in total. The predicted octanol–water partition coefficient (Wildman–Crippen LogP) is 2.28. The number of amides is 1. The normalized spacial score (nSPS) is 16.5. The van der Waals surface area contributed by atoms with E-state index in [2.05, 4.69) is 5.32 Å². The van der Waals surface area contributed by atoms with Gasteiger partial charge in [0, 0.05) is 19.6 Å². The van der Waals surface area contributed by atoms with Gasteiger partial charge in [-0.3, -0.25) is 4.79 Å². The maximum absolute atomic E-state index is 13.1. The minimum Gasteiger partial charge on any atom is -0.465 e. The number of ether oxygens (including phenoxy) is 1. The molecule has 25 heavy (non-hydrogen) atoms. The Morgan fingerprint density at radius 3 is 2.48 bits per heavy atom. The van der Waals surface area contributed by atoms with Gasteiger partial charge >= 0.3 is 12.1 Å². The average Bonchev–Trinajstić information content (AvgIpc) is 2.58. The first-order chi connectivity index (χ1) is 11.9. The number of likely N-dealkylation sites (tertiary alicyclic amines) is 1. The van der Waals surface area contributed by atoms with E-state index in [-0.39, 0.29) is 23.7 Å². The van der Waals surface area contributed by atoms with Crippen molar-refractivity contribution in [1.82, 2.24) is 10.2 Å². The van der Waals surface area contributed by atoms with Crippen LogP contribution in [0.15, 0.2) is 24.3 Å². The van der Waals surface area contributed by atoms with Gasteiger partial charge in [-0.1, -0.05) is 12.1 Å². The van der Waals surface area contributed by atoms with E-state index < -0.39 is 6.09 Å². The fraction of sp³-hybridized carbons (Fsp3) is 0.556. The molecule has 2 N–H and O–H groups in total. The third-order valence-electron chi connectivity index (χ3n) is 4.66. The number of nitrogens with zero attached hydrogens (tertiary/aromatic N) is 1. The van der Waals surface area contributed by atoms with Crippen molar-refractivity contribution in [3.8, 4) is 0 Å². The summed E-state index contributed by atoms with van der Waals surface area (Å²) < 4.78 is 18.0. The van der Waals surface area contributed by atoms with Gasteiger partial charge in [0.05, 0.1) is 13.2 Å². The van der Waals surface area contributed by atoms with E-state index in [1.54, 1.807) is 19.1 Å². The molecule has 1 fully saturated rings. The number of hydrogen-bond donors (Lipinski definition) is 2. The first-order valence-corrected chi connectivity index (χ1v) is 8.53. The van der Waals surface area contributed by atoms with Gasteiger partial charge in [0.2, 0.25) is 0 Å². The third-order valence-corrected chi connectivity index (χ3v) is 4.66. The fourth-order valence-corrected chi connectivity index (χ4v) is 3.27. The lowest BCUT2D eigenvalue weighted by molar-refractivity contribution is -0.142. The Hall–Kier alpha value is -2.15. The first kappa shape index (κ1) is 19.2. The zero-order valence-electron chi connectivity index (χ0n) is 14.5. The summed E-state index contributed by atoms with van der Waals surface area (Å²) in [6.07, 6.45) is 1.17. The molecule has 0 aliphatic carbocycles. The second-order valence-corrected chi connectivity index (χ2v) is 6.48. The molecule has 1 saturated heterocycles. The quantitative estimate of drug-likeness (QED) is 0.736. The van der Waals surface area contributed by atoms with Crippen molar-refractivity contribution in [2.75, 3.05) is 32.8 Å². The summed E-state index contributed by atoms with van der Waals surface area (Å²) in [5.41, 5.74) is 0.833. The van der Waals surface area contributed by atoms with Crippen molar-refractivity contribution in [3.63, 3.8) is 0 Å². The number of halogens is 1. The highest BCUT2D eigenvalue weighted by Crippen LogP contribution is 2.34. The van der Waals surface area contributed by atoms with Crippen LogP contribution in [-0.2, 0) is 16.0 Å². The highest BCUT2D eigenvalue weighted by Gasteiger charge is 2.36. The average molecular weight is 352 g/mol. The SMILES string of the molecule is CCOC(=O)CNCC1(Cc2ccc(F)cc2)CCN(C(=O)O)CC1. The lowest BCUT2D eigenvalue weighted by Gasteiger charge is -2.41. The summed E-state index contributed by atoms with van der Waals surface area (Å²) >= 11 is 0. The molecular weight excluding hydrogens is 327 g/mol. The number of piperidine rings is 1. The van der Waals surface area contributed by atoms with Gasteiger partial charge in [0.25, 0.3) is 0 Å². The second kappa shape index (κ2) is 8.80. The third kappa shape index (κ3) is 5.70. The Balaban J connectivity index is 2.02.